The van der Waals surface area contributed by atoms with Crippen LogP contribution in [-0.2, 0) is 4.74 Å². The molecule has 4 nitrogen and oxygen atoms in total. The molecular weight excluding hydrogens is 319 g/mol. The number of halogens is 1. The molecule has 0 saturated carbocycles. The summed E-state index contributed by atoms with van der Waals surface area (Å²) in [6, 6.07) is 20.9. The van der Waals surface area contributed by atoms with Crippen LogP contribution in [0.2, 0.25) is 0 Å². The van der Waals surface area contributed by atoms with Crippen LogP contribution in [0.25, 0.3) is 11.3 Å². The molecule has 1 aliphatic rings. The number of nitrogens with zero attached hydrogens (tertiary/aromatic N) is 1. The van der Waals surface area contributed by atoms with Gasteiger partial charge in [-0.05, 0) is 29.8 Å². The maximum Gasteiger partial charge on any atom is 0.408 e. The number of alkyl carbamates (subject to hydrolysis) is 1. The molecule has 1 N–H and O–H groups in total. The minimum absolute atomic E-state index is 0.315. The Morgan fingerprint density at radius 3 is 2.56 bits per heavy atom. The van der Waals surface area contributed by atoms with E-state index in [1.807, 2.05) is 48.5 Å². The highest BCUT2D eigenvalue weighted by molar-refractivity contribution is 5.71. The summed E-state index contributed by atoms with van der Waals surface area (Å²) >= 11 is 0. The number of ether oxygens (including phenoxy) is 1. The topological polar surface area (TPSA) is 51.2 Å². The zero-order chi connectivity index (χ0) is 17.2. The second kappa shape index (κ2) is 6.36. The minimum atomic E-state index is -0.475. The van der Waals surface area contributed by atoms with Gasteiger partial charge in [0.15, 0.2) is 6.10 Å². The highest BCUT2D eigenvalue weighted by atomic mass is 19.1. The Bertz CT molecular complexity index is 914. The predicted octanol–water partition coefficient (Wildman–Crippen LogP) is 4.41. The van der Waals surface area contributed by atoms with E-state index in [0.717, 1.165) is 5.56 Å². The van der Waals surface area contributed by atoms with Gasteiger partial charge in [0.05, 0.1) is 11.4 Å². The van der Waals surface area contributed by atoms with Crippen LogP contribution < -0.4 is 5.32 Å². The van der Waals surface area contributed by atoms with Gasteiger partial charge in [-0.25, -0.2) is 9.18 Å². The molecule has 1 amide bonds. The first-order chi connectivity index (χ1) is 12.2. The lowest BCUT2D eigenvalue weighted by Gasteiger charge is -2.17. The number of nitrogens with one attached hydrogen (secondary N) is 1. The Balaban J connectivity index is 1.71. The van der Waals surface area contributed by atoms with E-state index in [1.165, 1.54) is 12.1 Å². The van der Waals surface area contributed by atoms with Crippen LogP contribution in [0.4, 0.5) is 9.18 Å². The molecule has 2 aromatic carbocycles. The number of carbonyl (C=O) groups is 1. The van der Waals surface area contributed by atoms with E-state index in [2.05, 4.69) is 10.3 Å². The van der Waals surface area contributed by atoms with Gasteiger partial charge < -0.3 is 10.1 Å². The zero-order valence-electron chi connectivity index (χ0n) is 13.2. The Morgan fingerprint density at radius 1 is 0.960 bits per heavy atom. The van der Waals surface area contributed by atoms with Crippen molar-refractivity contribution < 1.29 is 13.9 Å². The Hall–Kier alpha value is -3.21. The fourth-order valence-electron chi connectivity index (χ4n) is 2.99. The Morgan fingerprint density at radius 2 is 1.76 bits per heavy atom. The molecule has 3 aromatic rings. The molecule has 2 heterocycles. The van der Waals surface area contributed by atoms with Gasteiger partial charge >= 0.3 is 6.09 Å². The van der Waals surface area contributed by atoms with Gasteiger partial charge in [0.1, 0.15) is 11.9 Å². The van der Waals surface area contributed by atoms with Crippen molar-refractivity contribution >= 4 is 6.09 Å². The number of carbonyl (C=O) groups excluding carboxylic acids is 1. The highest BCUT2D eigenvalue weighted by Crippen LogP contribution is 2.36. The molecule has 1 saturated heterocycles. The molecule has 0 radical (unpaired) electrons. The molecule has 1 aliphatic heterocycles. The number of rotatable bonds is 3. The largest absolute Gasteiger partial charge is 0.439 e. The number of benzene rings is 2. The maximum atomic E-state index is 13.5. The monoisotopic (exact) mass is 334 g/mol. The van der Waals surface area contributed by atoms with Crippen LogP contribution >= 0.6 is 0 Å². The molecule has 1 fully saturated rings. The van der Waals surface area contributed by atoms with Gasteiger partial charge in [0.2, 0.25) is 0 Å². The van der Waals surface area contributed by atoms with Crippen LogP contribution in [0.5, 0.6) is 0 Å². The van der Waals surface area contributed by atoms with Crippen molar-refractivity contribution in [2.24, 2.45) is 0 Å². The molecule has 0 bridgehead atoms. The standard InChI is InChI=1S/C20H15FN2O2/c21-15-9-4-8-14(12-15)16-10-5-11-17(22-16)18-19(25-20(24)23-18)13-6-2-1-3-7-13/h1-12,18-19H,(H,23,24)/t18-,19-/m1/s1. The Kier molecular flexibility index (Phi) is 3.90. The first-order valence-corrected chi connectivity index (χ1v) is 7.96. The Labute approximate surface area is 144 Å². The van der Waals surface area contributed by atoms with E-state index in [9.17, 15) is 9.18 Å². The van der Waals surface area contributed by atoms with E-state index < -0.39 is 18.2 Å². The molecule has 0 unspecified atom stereocenters. The fraction of sp³-hybridized carbons (Fsp3) is 0.100. The van der Waals surface area contributed by atoms with E-state index >= 15 is 0 Å². The maximum absolute atomic E-state index is 13.5. The average Bonchev–Trinajstić information content (AvgIpc) is 3.04. The predicted molar refractivity (Wildman–Crippen MR) is 91.2 cm³/mol. The van der Waals surface area contributed by atoms with Gasteiger partial charge in [-0.2, -0.15) is 0 Å². The summed E-state index contributed by atoms with van der Waals surface area (Å²) in [7, 11) is 0. The first kappa shape index (κ1) is 15.3. The lowest BCUT2D eigenvalue weighted by Crippen LogP contribution is -2.20. The molecule has 4 rings (SSSR count). The van der Waals surface area contributed by atoms with Crippen molar-refractivity contribution in [1.82, 2.24) is 10.3 Å². The van der Waals surface area contributed by atoms with Gasteiger partial charge in [0, 0.05) is 5.56 Å². The number of aromatic nitrogens is 1. The van der Waals surface area contributed by atoms with Gasteiger partial charge in [-0.15, -0.1) is 0 Å². The molecule has 2 atom stereocenters. The van der Waals surface area contributed by atoms with Crippen LogP contribution in [0.3, 0.4) is 0 Å². The number of pyridine rings is 1. The molecule has 1 aromatic heterocycles. The summed E-state index contributed by atoms with van der Waals surface area (Å²) in [4.78, 5) is 16.4. The molecular formula is C20H15FN2O2. The van der Waals surface area contributed by atoms with Crippen LogP contribution in [0.1, 0.15) is 23.4 Å². The number of cyclic esters (lactones) is 1. The number of hydrogen-bond acceptors (Lipinski definition) is 3. The SMILES string of the molecule is O=C1N[C@H](c2cccc(-c3cccc(F)c3)n2)[C@@H](c2ccccc2)O1. The average molecular weight is 334 g/mol. The summed E-state index contributed by atoms with van der Waals surface area (Å²) < 4.78 is 18.9. The van der Waals surface area contributed by atoms with Gasteiger partial charge in [-0.3, -0.25) is 4.98 Å². The quantitative estimate of drug-likeness (QED) is 0.772. The van der Waals surface area contributed by atoms with Crippen LogP contribution in [0.15, 0.2) is 72.8 Å². The van der Waals surface area contributed by atoms with E-state index in [1.54, 1.807) is 12.1 Å². The van der Waals surface area contributed by atoms with E-state index in [-0.39, 0.29) is 5.82 Å². The van der Waals surface area contributed by atoms with Gasteiger partial charge in [0.25, 0.3) is 0 Å². The summed E-state index contributed by atoms with van der Waals surface area (Å²) in [6.07, 6.45) is -0.930. The molecule has 0 aliphatic carbocycles. The molecule has 0 spiro atoms. The lowest BCUT2D eigenvalue weighted by atomic mass is 9.99. The minimum Gasteiger partial charge on any atom is -0.439 e. The summed E-state index contributed by atoms with van der Waals surface area (Å²) in [5.74, 6) is -0.315. The normalized spacial score (nSPS) is 19.3. The van der Waals surface area contributed by atoms with Crippen molar-refractivity contribution in [3.8, 4) is 11.3 Å². The third-order valence-electron chi connectivity index (χ3n) is 4.15. The van der Waals surface area contributed by atoms with Crippen molar-refractivity contribution in [1.29, 1.82) is 0 Å². The van der Waals surface area contributed by atoms with Gasteiger partial charge in [-0.1, -0.05) is 48.5 Å². The summed E-state index contributed by atoms with van der Waals surface area (Å²) in [5.41, 5.74) is 2.89. The molecule has 124 valence electrons. The molecule has 5 heteroatoms. The highest BCUT2D eigenvalue weighted by Gasteiger charge is 2.37. The van der Waals surface area contributed by atoms with E-state index in [0.29, 0.717) is 17.0 Å². The third kappa shape index (κ3) is 3.08. The zero-order valence-corrected chi connectivity index (χ0v) is 13.2. The number of amides is 1. The third-order valence-corrected chi connectivity index (χ3v) is 4.15. The lowest BCUT2D eigenvalue weighted by molar-refractivity contribution is 0.132. The van der Waals surface area contributed by atoms with E-state index in [4.69, 9.17) is 4.74 Å². The van der Waals surface area contributed by atoms with Crippen molar-refractivity contribution in [2.75, 3.05) is 0 Å². The molecule has 25 heavy (non-hydrogen) atoms. The second-order valence-corrected chi connectivity index (χ2v) is 5.82. The second-order valence-electron chi connectivity index (χ2n) is 5.82. The van der Waals surface area contributed by atoms with Crippen LogP contribution in [0, 0.1) is 5.82 Å². The summed E-state index contributed by atoms with van der Waals surface area (Å²) in [5, 5.41) is 2.81. The van der Waals surface area contributed by atoms with Crippen molar-refractivity contribution in [2.45, 2.75) is 12.1 Å². The summed E-state index contributed by atoms with van der Waals surface area (Å²) in [6.45, 7) is 0. The van der Waals surface area contributed by atoms with Crippen molar-refractivity contribution in [3.05, 3.63) is 89.9 Å². The number of hydrogen-bond donors (Lipinski definition) is 1. The van der Waals surface area contributed by atoms with Crippen LogP contribution in [-0.4, -0.2) is 11.1 Å². The fourth-order valence-corrected chi connectivity index (χ4v) is 2.99. The van der Waals surface area contributed by atoms with Crippen molar-refractivity contribution in [3.63, 3.8) is 0 Å². The smallest absolute Gasteiger partial charge is 0.408 e. The first-order valence-electron chi connectivity index (χ1n) is 7.96.